The third kappa shape index (κ3) is 2.30. The van der Waals surface area contributed by atoms with Crippen LogP contribution in [0.5, 0.6) is 5.75 Å². The van der Waals surface area contributed by atoms with Gasteiger partial charge in [0.1, 0.15) is 11.9 Å². The number of nitrogens with zero attached hydrogens (tertiary/aromatic N) is 2. The molecule has 0 spiro atoms. The van der Waals surface area contributed by atoms with Crippen LogP contribution in [-0.2, 0) is 0 Å². The highest BCUT2D eigenvalue weighted by Crippen LogP contribution is 2.33. The monoisotopic (exact) mass is 285 g/mol. The average Bonchev–Trinajstić information content (AvgIpc) is 3.01. The molecule has 6 nitrogen and oxygen atoms in total. The summed E-state index contributed by atoms with van der Waals surface area (Å²) in [5.41, 5.74) is 0.671. The molecule has 0 saturated heterocycles. The van der Waals surface area contributed by atoms with E-state index in [1.54, 1.807) is 35.4 Å². The van der Waals surface area contributed by atoms with Crippen LogP contribution >= 0.6 is 0 Å². The van der Waals surface area contributed by atoms with Gasteiger partial charge in [-0.3, -0.25) is 4.79 Å². The third-order valence-electron chi connectivity index (χ3n) is 3.68. The molecule has 108 valence electrons. The summed E-state index contributed by atoms with van der Waals surface area (Å²) in [5, 5.41) is 21.1. The molecule has 21 heavy (non-hydrogen) atoms. The van der Waals surface area contributed by atoms with Crippen LogP contribution in [0, 0.1) is 0 Å². The lowest BCUT2D eigenvalue weighted by Gasteiger charge is -2.22. The first-order valence-corrected chi connectivity index (χ1v) is 6.58. The van der Waals surface area contributed by atoms with Crippen LogP contribution in [0.3, 0.4) is 0 Å². The lowest BCUT2D eigenvalue weighted by Crippen LogP contribution is -2.14. The molecule has 2 unspecified atom stereocenters. The number of H-pyrrole nitrogens is 1. The maximum absolute atomic E-state index is 11.4. The molecule has 0 aliphatic carbocycles. The van der Waals surface area contributed by atoms with E-state index in [0.717, 1.165) is 0 Å². The zero-order chi connectivity index (χ0) is 15.0. The van der Waals surface area contributed by atoms with Gasteiger partial charge in [-0.2, -0.15) is 0 Å². The second kappa shape index (κ2) is 5.06. The number of fused-ring (bicyclic) bond motifs is 1. The Morgan fingerprint density at radius 2 is 2.10 bits per heavy atom. The number of hydrogen-bond acceptors (Lipinski definition) is 4. The lowest BCUT2D eigenvalue weighted by atomic mass is 9.98. The van der Waals surface area contributed by atoms with Gasteiger partial charge in [0.25, 0.3) is 0 Å². The predicted molar refractivity (Wildman–Crippen MR) is 78.1 cm³/mol. The quantitative estimate of drug-likeness (QED) is 0.683. The van der Waals surface area contributed by atoms with Crippen molar-refractivity contribution in [1.29, 1.82) is 0 Å². The Hall–Kier alpha value is -2.60. The summed E-state index contributed by atoms with van der Waals surface area (Å²) in [4.78, 5) is 18.0. The summed E-state index contributed by atoms with van der Waals surface area (Å²) in [6, 6.07) is 5.88. The number of rotatable bonds is 3. The van der Waals surface area contributed by atoms with Gasteiger partial charge < -0.3 is 19.8 Å². The second-order valence-corrected chi connectivity index (χ2v) is 4.98. The fourth-order valence-electron chi connectivity index (χ4n) is 2.45. The van der Waals surface area contributed by atoms with Gasteiger partial charge in [0, 0.05) is 23.8 Å². The number of aromatic nitrogens is 3. The van der Waals surface area contributed by atoms with Crippen LogP contribution in [-0.4, -0.2) is 24.7 Å². The molecule has 3 rings (SSSR count). The minimum Gasteiger partial charge on any atom is -0.506 e. The number of benzene rings is 1. The fourth-order valence-corrected chi connectivity index (χ4v) is 2.45. The first kappa shape index (κ1) is 13.4. The number of nitrogens with one attached hydrogen (secondary N) is 1. The fraction of sp³-hybridized carbons (Fsp3) is 0.200. The van der Waals surface area contributed by atoms with Crippen molar-refractivity contribution < 1.29 is 10.2 Å². The summed E-state index contributed by atoms with van der Waals surface area (Å²) < 4.78 is 1.80. The second-order valence-electron chi connectivity index (χ2n) is 4.98. The van der Waals surface area contributed by atoms with E-state index in [1.165, 1.54) is 12.1 Å². The van der Waals surface area contributed by atoms with Gasteiger partial charge in [-0.25, -0.2) is 4.98 Å². The van der Waals surface area contributed by atoms with Crippen molar-refractivity contribution in [3.63, 3.8) is 0 Å². The van der Waals surface area contributed by atoms with E-state index in [1.807, 2.05) is 6.92 Å². The van der Waals surface area contributed by atoms with E-state index in [-0.39, 0.29) is 17.4 Å². The highest BCUT2D eigenvalue weighted by molar-refractivity contribution is 5.87. The zero-order valence-electron chi connectivity index (χ0n) is 11.4. The summed E-state index contributed by atoms with van der Waals surface area (Å²) >= 11 is 0. The number of phenolic OH excluding ortho intramolecular Hbond substituents is 1. The molecule has 0 aliphatic heterocycles. The summed E-state index contributed by atoms with van der Waals surface area (Å²) in [6.45, 7) is 1.87. The number of imidazole rings is 1. The van der Waals surface area contributed by atoms with Crippen LogP contribution in [0.4, 0.5) is 0 Å². The normalized spacial score (nSPS) is 14.2. The number of phenols is 1. The van der Waals surface area contributed by atoms with Crippen molar-refractivity contribution in [3.8, 4) is 5.75 Å². The predicted octanol–water partition coefficient (Wildman–Crippen LogP) is 1.72. The smallest absolute Gasteiger partial charge is 0.248 e. The van der Waals surface area contributed by atoms with E-state index in [2.05, 4.69) is 9.97 Å². The molecule has 3 aromatic rings. The molecular weight excluding hydrogens is 270 g/mol. The molecule has 0 saturated carbocycles. The Bertz CT molecular complexity index is 824. The number of aromatic hydroxyl groups is 1. The molecule has 0 radical (unpaired) electrons. The molecule has 2 heterocycles. The van der Waals surface area contributed by atoms with Crippen LogP contribution in [0.1, 0.15) is 24.6 Å². The maximum Gasteiger partial charge on any atom is 0.248 e. The van der Waals surface area contributed by atoms with Gasteiger partial charge in [0.2, 0.25) is 5.56 Å². The topological polar surface area (TPSA) is 91.1 Å². The van der Waals surface area contributed by atoms with Crippen LogP contribution in [0.15, 0.2) is 47.8 Å². The maximum atomic E-state index is 11.4. The van der Waals surface area contributed by atoms with Gasteiger partial charge in [-0.05, 0) is 24.6 Å². The SMILES string of the molecule is CC(C(O)c1ccc(O)c2[nH]c(=O)ccc12)n1ccnc1. The molecule has 1 aromatic carbocycles. The Labute approximate surface area is 120 Å². The number of aromatic amines is 1. The molecule has 0 amide bonds. The summed E-state index contributed by atoms with van der Waals surface area (Å²) in [7, 11) is 0. The van der Waals surface area contributed by atoms with Crippen molar-refractivity contribution in [2.45, 2.75) is 19.1 Å². The molecule has 2 atom stereocenters. The molecule has 0 aliphatic rings. The van der Waals surface area contributed by atoms with Crippen molar-refractivity contribution in [2.75, 3.05) is 0 Å². The lowest BCUT2D eigenvalue weighted by molar-refractivity contribution is 0.123. The Morgan fingerprint density at radius 1 is 1.29 bits per heavy atom. The van der Waals surface area contributed by atoms with Crippen molar-refractivity contribution >= 4 is 10.9 Å². The average molecular weight is 285 g/mol. The molecule has 0 bridgehead atoms. The molecule has 0 fully saturated rings. The molecular formula is C15H15N3O3. The van der Waals surface area contributed by atoms with Gasteiger partial charge in [-0.1, -0.05) is 6.07 Å². The number of aliphatic hydroxyl groups excluding tert-OH is 1. The Balaban J connectivity index is 2.12. The van der Waals surface area contributed by atoms with E-state index in [4.69, 9.17) is 0 Å². The first-order valence-electron chi connectivity index (χ1n) is 6.58. The summed E-state index contributed by atoms with van der Waals surface area (Å²) in [6.07, 6.45) is 4.26. The van der Waals surface area contributed by atoms with Crippen LogP contribution in [0.2, 0.25) is 0 Å². The highest BCUT2D eigenvalue weighted by atomic mass is 16.3. The standard InChI is InChI=1S/C15H15N3O3/c1-9(18-7-6-16-8-18)15(21)11-2-4-12(19)14-10(11)3-5-13(20)17-14/h2-9,15,19,21H,1H3,(H,17,20). The summed E-state index contributed by atoms with van der Waals surface area (Å²) in [5.74, 6) is -0.0195. The molecule has 3 N–H and O–H groups in total. The van der Waals surface area contributed by atoms with Gasteiger partial charge in [-0.15, -0.1) is 0 Å². The highest BCUT2D eigenvalue weighted by Gasteiger charge is 2.20. The first-order chi connectivity index (χ1) is 10.1. The number of aliphatic hydroxyl groups is 1. The van der Waals surface area contributed by atoms with Gasteiger partial charge >= 0.3 is 0 Å². The van der Waals surface area contributed by atoms with E-state index in [9.17, 15) is 15.0 Å². The minimum absolute atomic E-state index is 0.0195. The Kier molecular flexibility index (Phi) is 3.23. The van der Waals surface area contributed by atoms with Crippen LogP contribution < -0.4 is 5.56 Å². The van der Waals surface area contributed by atoms with Gasteiger partial charge in [0.15, 0.2) is 0 Å². The Morgan fingerprint density at radius 3 is 2.81 bits per heavy atom. The van der Waals surface area contributed by atoms with E-state index in [0.29, 0.717) is 16.5 Å². The van der Waals surface area contributed by atoms with Crippen molar-refractivity contribution in [1.82, 2.24) is 14.5 Å². The zero-order valence-corrected chi connectivity index (χ0v) is 11.4. The van der Waals surface area contributed by atoms with E-state index < -0.39 is 6.10 Å². The van der Waals surface area contributed by atoms with Crippen molar-refractivity contribution in [3.05, 3.63) is 58.9 Å². The van der Waals surface area contributed by atoms with Crippen LogP contribution in [0.25, 0.3) is 10.9 Å². The third-order valence-corrected chi connectivity index (χ3v) is 3.68. The van der Waals surface area contributed by atoms with Crippen molar-refractivity contribution in [2.24, 2.45) is 0 Å². The largest absolute Gasteiger partial charge is 0.506 e. The number of hydrogen-bond donors (Lipinski definition) is 3. The molecule has 2 aromatic heterocycles. The van der Waals surface area contributed by atoms with Gasteiger partial charge in [0.05, 0.1) is 17.9 Å². The molecule has 6 heteroatoms. The number of pyridine rings is 1. The van der Waals surface area contributed by atoms with E-state index >= 15 is 0 Å². The minimum atomic E-state index is -0.798.